The fourth-order valence-electron chi connectivity index (χ4n) is 3.78. The highest BCUT2D eigenvalue weighted by Crippen LogP contribution is 2.25. The zero-order chi connectivity index (χ0) is 22.9. The summed E-state index contributed by atoms with van der Waals surface area (Å²) in [6.45, 7) is 3.68. The Kier molecular flexibility index (Phi) is 8.45. The van der Waals surface area contributed by atoms with E-state index in [9.17, 15) is 4.79 Å². The topological polar surface area (TPSA) is 146 Å². The molecule has 0 aromatic carbocycles. The van der Waals surface area contributed by atoms with Gasteiger partial charge in [0.15, 0.2) is 0 Å². The average Bonchev–Trinajstić information content (AvgIpc) is 3.33. The van der Waals surface area contributed by atoms with E-state index in [1.165, 1.54) is 0 Å². The molecule has 2 saturated heterocycles. The molecular formula is C20H25N5O6S. The molecule has 2 N–H and O–H groups in total. The third-order valence-electron chi connectivity index (χ3n) is 5.39. The minimum absolute atomic E-state index is 0.00731. The Morgan fingerprint density at radius 1 is 0.938 bits per heavy atom. The van der Waals surface area contributed by atoms with E-state index in [0.29, 0.717) is 11.7 Å². The van der Waals surface area contributed by atoms with Gasteiger partial charge in [-0.1, -0.05) is 11.3 Å². The van der Waals surface area contributed by atoms with Gasteiger partial charge in [0.2, 0.25) is 0 Å². The van der Waals surface area contributed by atoms with E-state index in [4.69, 9.17) is 24.5 Å². The van der Waals surface area contributed by atoms with Gasteiger partial charge in [0.05, 0.1) is 6.20 Å². The zero-order valence-corrected chi connectivity index (χ0v) is 18.2. The highest BCUT2D eigenvalue weighted by atomic mass is 32.1. The second-order valence-corrected chi connectivity index (χ2v) is 8.23. The third-order valence-corrected chi connectivity index (χ3v) is 6.05. The van der Waals surface area contributed by atoms with Crippen LogP contribution in [0.5, 0.6) is 5.19 Å². The lowest BCUT2D eigenvalue weighted by Gasteiger charge is -2.41. The average molecular weight is 464 g/mol. The van der Waals surface area contributed by atoms with Crippen molar-refractivity contribution in [1.29, 1.82) is 0 Å². The summed E-state index contributed by atoms with van der Waals surface area (Å²) in [5.41, 5.74) is 0.436. The molecule has 0 unspecified atom stereocenters. The second kappa shape index (κ2) is 11.5. The number of hydrogen-bond acceptors (Lipinski definition) is 9. The van der Waals surface area contributed by atoms with Gasteiger partial charge in [0.25, 0.3) is 11.1 Å². The Morgan fingerprint density at radius 2 is 1.62 bits per heavy atom. The van der Waals surface area contributed by atoms with Crippen LogP contribution < -0.4 is 4.74 Å². The van der Waals surface area contributed by atoms with Gasteiger partial charge in [-0.3, -0.25) is 14.7 Å². The number of likely N-dealkylation sites (tertiary alicyclic amines) is 2. The summed E-state index contributed by atoms with van der Waals surface area (Å²) < 4.78 is 5.94. The van der Waals surface area contributed by atoms with Crippen molar-refractivity contribution in [3.8, 4) is 5.19 Å². The summed E-state index contributed by atoms with van der Waals surface area (Å²) in [7, 11) is 0. The van der Waals surface area contributed by atoms with Crippen LogP contribution >= 0.6 is 11.3 Å². The number of carboxylic acids is 2. The Hall–Kier alpha value is -3.12. The van der Waals surface area contributed by atoms with E-state index < -0.39 is 11.9 Å². The van der Waals surface area contributed by atoms with Crippen molar-refractivity contribution in [2.75, 3.05) is 26.2 Å². The molecule has 2 aliphatic rings. The number of piperidine rings is 2. The van der Waals surface area contributed by atoms with Crippen molar-refractivity contribution in [1.82, 2.24) is 24.8 Å². The van der Waals surface area contributed by atoms with Crippen LogP contribution in [0.1, 0.15) is 36.2 Å². The Bertz CT molecular complexity index is 869. The van der Waals surface area contributed by atoms with Gasteiger partial charge in [-0.25, -0.2) is 19.6 Å². The first-order valence-corrected chi connectivity index (χ1v) is 11.1. The molecule has 4 heterocycles. The molecule has 12 heteroatoms. The van der Waals surface area contributed by atoms with Crippen LogP contribution in [0.3, 0.4) is 0 Å². The predicted octanol–water partition coefficient (Wildman–Crippen LogP) is 1.24. The summed E-state index contributed by atoms with van der Waals surface area (Å²) in [5.74, 6) is -3.66. The van der Waals surface area contributed by atoms with Crippen molar-refractivity contribution in [3.05, 3.63) is 35.9 Å². The van der Waals surface area contributed by atoms with Gasteiger partial charge < -0.3 is 19.8 Å². The van der Waals surface area contributed by atoms with Crippen LogP contribution in [0.4, 0.5) is 0 Å². The normalized spacial score (nSPS) is 17.8. The molecule has 0 saturated carbocycles. The SMILES string of the molecule is O=C(O)C(=O)O.O=C(c1cnccn1)N1CCC(N2CCC(Oc3nccs3)CC2)CC1. The number of rotatable bonds is 4. The number of nitrogens with zero attached hydrogens (tertiary/aromatic N) is 5. The number of aliphatic carboxylic acids is 2. The molecule has 2 aromatic heterocycles. The summed E-state index contributed by atoms with van der Waals surface area (Å²) in [4.78, 5) is 47.4. The van der Waals surface area contributed by atoms with Crippen molar-refractivity contribution >= 4 is 29.2 Å². The van der Waals surface area contributed by atoms with Crippen molar-refractivity contribution in [2.45, 2.75) is 37.8 Å². The van der Waals surface area contributed by atoms with E-state index in [-0.39, 0.29) is 12.0 Å². The van der Waals surface area contributed by atoms with Crippen LogP contribution in [-0.4, -0.2) is 91.1 Å². The molecular weight excluding hydrogens is 438 g/mol. The fraction of sp³-hybridized carbons (Fsp3) is 0.500. The molecule has 0 aliphatic carbocycles. The monoisotopic (exact) mass is 463 g/mol. The number of carboxylic acid groups (broad SMARTS) is 2. The Labute approximate surface area is 188 Å². The van der Waals surface area contributed by atoms with Crippen LogP contribution in [0.25, 0.3) is 0 Å². The summed E-state index contributed by atoms with van der Waals surface area (Å²) >= 11 is 1.55. The first kappa shape index (κ1) is 23.5. The lowest BCUT2D eigenvalue weighted by molar-refractivity contribution is -0.159. The first-order valence-electron chi connectivity index (χ1n) is 10.3. The van der Waals surface area contributed by atoms with Gasteiger partial charge in [-0.15, -0.1) is 0 Å². The summed E-state index contributed by atoms with van der Waals surface area (Å²) in [5, 5.41) is 17.5. The highest BCUT2D eigenvalue weighted by Gasteiger charge is 2.31. The maximum atomic E-state index is 12.5. The minimum Gasteiger partial charge on any atom is -0.473 e. The lowest BCUT2D eigenvalue weighted by atomic mass is 9.98. The molecule has 4 rings (SSSR count). The van der Waals surface area contributed by atoms with E-state index in [2.05, 4.69) is 19.9 Å². The number of carbonyl (C=O) groups excluding carboxylic acids is 1. The maximum Gasteiger partial charge on any atom is 0.414 e. The molecule has 2 fully saturated rings. The summed E-state index contributed by atoms with van der Waals surface area (Å²) in [6.07, 6.45) is 10.9. The predicted molar refractivity (Wildman–Crippen MR) is 114 cm³/mol. The standard InChI is InChI=1S/C18H23N5O2S.C2H2O4/c24-17(16-13-19-5-6-20-16)23-8-1-14(2-9-23)22-10-3-15(4-11-22)25-18-21-7-12-26-18;3-1(4)2(5)6/h5-7,12-15H,1-4,8-11H2;(H,3,4)(H,5,6). The number of hydrogen-bond donors (Lipinski definition) is 2. The largest absolute Gasteiger partial charge is 0.473 e. The van der Waals surface area contributed by atoms with Crippen LogP contribution in [0.15, 0.2) is 30.2 Å². The van der Waals surface area contributed by atoms with Gasteiger partial charge in [0, 0.05) is 56.2 Å². The van der Waals surface area contributed by atoms with Crippen LogP contribution in [-0.2, 0) is 9.59 Å². The lowest BCUT2D eigenvalue weighted by Crippen LogP contribution is -2.50. The molecule has 11 nitrogen and oxygen atoms in total. The number of ether oxygens (including phenoxy) is 1. The molecule has 0 atom stereocenters. The number of aromatic nitrogens is 3. The van der Waals surface area contributed by atoms with E-state index in [1.54, 1.807) is 36.1 Å². The van der Waals surface area contributed by atoms with Crippen LogP contribution in [0, 0.1) is 0 Å². The molecule has 0 bridgehead atoms. The van der Waals surface area contributed by atoms with E-state index in [0.717, 1.165) is 57.1 Å². The molecule has 0 radical (unpaired) electrons. The molecule has 1 amide bonds. The minimum atomic E-state index is -1.82. The van der Waals surface area contributed by atoms with Gasteiger partial charge in [-0.05, 0) is 25.7 Å². The van der Waals surface area contributed by atoms with Crippen molar-refractivity contribution in [2.24, 2.45) is 0 Å². The smallest absolute Gasteiger partial charge is 0.414 e. The molecule has 172 valence electrons. The van der Waals surface area contributed by atoms with Crippen molar-refractivity contribution < 1.29 is 29.3 Å². The quantitative estimate of drug-likeness (QED) is 0.635. The molecule has 2 aliphatic heterocycles. The number of thiazole rings is 1. The summed E-state index contributed by atoms with van der Waals surface area (Å²) in [6, 6.07) is 0.557. The third kappa shape index (κ3) is 6.69. The van der Waals surface area contributed by atoms with Gasteiger partial charge in [0.1, 0.15) is 11.8 Å². The maximum absolute atomic E-state index is 12.5. The number of amides is 1. The van der Waals surface area contributed by atoms with Crippen molar-refractivity contribution in [3.63, 3.8) is 0 Å². The van der Waals surface area contributed by atoms with Gasteiger partial charge >= 0.3 is 11.9 Å². The number of carbonyl (C=O) groups is 3. The Morgan fingerprint density at radius 3 is 2.16 bits per heavy atom. The second-order valence-electron chi connectivity index (χ2n) is 7.38. The Balaban J connectivity index is 0.000000427. The van der Waals surface area contributed by atoms with Crippen LogP contribution in [0.2, 0.25) is 0 Å². The highest BCUT2D eigenvalue weighted by molar-refractivity contribution is 7.11. The molecule has 32 heavy (non-hydrogen) atoms. The van der Waals surface area contributed by atoms with Gasteiger partial charge in [-0.2, -0.15) is 0 Å². The molecule has 0 spiro atoms. The van der Waals surface area contributed by atoms with E-state index in [1.807, 2.05) is 10.3 Å². The molecule has 2 aromatic rings. The zero-order valence-electron chi connectivity index (χ0n) is 17.4. The fourth-order valence-corrected chi connectivity index (χ4v) is 4.33. The van der Waals surface area contributed by atoms with E-state index >= 15 is 0 Å². The first-order chi connectivity index (χ1) is 15.4.